The normalized spacial score (nSPS) is 10.6. The average Bonchev–Trinajstić information content (AvgIpc) is 2.64. The van der Waals surface area contributed by atoms with Crippen molar-refractivity contribution in [2.24, 2.45) is 0 Å². The summed E-state index contributed by atoms with van der Waals surface area (Å²) in [5.41, 5.74) is 2.04. The molecule has 6 heteroatoms. The van der Waals surface area contributed by atoms with E-state index >= 15 is 0 Å². The van der Waals surface area contributed by atoms with Gasteiger partial charge in [-0.05, 0) is 47.9 Å². The van der Waals surface area contributed by atoms with Gasteiger partial charge >= 0.3 is 0 Å². The molecular formula is C21H25ClN2O3. The summed E-state index contributed by atoms with van der Waals surface area (Å²) < 4.78 is 5.40. The number of anilines is 1. The number of carbonyl (C=O) groups is 2. The maximum atomic E-state index is 12.0. The second kappa shape index (κ2) is 9.97. The van der Waals surface area contributed by atoms with Crippen molar-refractivity contribution in [2.75, 3.05) is 24.6 Å². The molecule has 0 unspecified atom stereocenters. The van der Waals surface area contributed by atoms with Crippen LogP contribution in [0.15, 0.2) is 48.5 Å². The summed E-state index contributed by atoms with van der Waals surface area (Å²) in [5.74, 6) is 0.692. The molecule has 0 fully saturated rings. The standard InChI is InChI=1S/C21H25ClN2O3/c1-15(2)17-4-8-19(9-5-17)24(16(3)25)13-12-23-21(26)14-27-20-10-6-18(22)7-11-20/h4-11,15H,12-14H2,1-3H3,(H,23,26). The molecule has 2 amide bonds. The molecule has 0 saturated heterocycles. The number of halogens is 1. The largest absolute Gasteiger partial charge is 0.484 e. The molecule has 27 heavy (non-hydrogen) atoms. The van der Waals surface area contributed by atoms with E-state index in [1.807, 2.05) is 24.3 Å². The molecule has 0 aliphatic carbocycles. The number of hydrogen-bond donors (Lipinski definition) is 1. The lowest BCUT2D eigenvalue weighted by atomic mass is 10.0. The molecule has 0 atom stereocenters. The van der Waals surface area contributed by atoms with E-state index in [9.17, 15) is 9.59 Å². The van der Waals surface area contributed by atoms with Crippen LogP contribution in [0.25, 0.3) is 0 Å². The Hall–Kier alpha value is -2.53. The third kappa shape index (κ3) is 6.61. The second-order valence-corrected chi connectivity index (χ2v) is 6.95. The van der Waals surface area contributed by atoms with E-state index < -0.39 is 0 Å². The molecule has 0 spiro atoms. The van der Waals surface area contributed by atoms with E-state index in [0.717, 1.165) is 5.69 Å². The van der Waals surface area contributed by atoms with E-state index in [2.05, 4.69) is 19.2 Å². The Kier molecular flexibility index (Phi) is 7.67. The molecule has 0 aromatic heterocycles. The minimum Gasteiger partial charge on any atom is -0.484 e. The third-order valence-electron chi connectivity index (χ3n) is 4.09. The quantitative estimate of drug-likeness (QED) is 0.743. The number of rotatable bonds is 8. The summed E-state index contributed by atoms with van der Waals surface area (Å²) in [5, 5.41) is 3.37. The second-order valence-electron chi connectivity index (χ2n) is 6.51. The maximum absolute atomic E-state index is 12.0. The van der Waals surface area contributed by atoms with Crippen LogP contribution < -0.4 is 15.0 Å². The first-order valence-electron chi connectivity index (χ1n) is 8.90. The molecule has 0 saturated carbocycles. The molecule has 0 bridgehead atoms. The number of amides is 2. The molecule has 2 rings (SSSR count). The fraction of sp³-hybridized carbons (Fsp3) is 0.333. The lowest BCUT2D eigenvalue weighted by Gasteiger charge is -2.22. The molecule has 0 aliphatic heterocycles. The Balaban J connectivity index is 1.82. The van der Waals surface area contributed by atoms with Crippen LogP contribution in [0.2, 0.25) is 5.02 Å². The SMILES string of the molecule is CC(=O)N(CCNC(=O)COc1ccc(Cl)cc1)c1ccc(C(C)C)cc1. The monoisotopic (exact) mass is 388 g/mol. The zero-order chi connectivity index (χ0) is 19.8. The van der Waals surface area contributed by atoms with Gasteiger partial charge in [-0.2, -0.15) is 0 Å². The van der Waals surface area contributed by atoms with Gasteiger partial charge in [0.15, 0.2) is 6.61 Å². The van der Waals surface area contributed by atoms with Crippen molar-refractivity contribution in [3.05, 3.63) is 59.1 Å². The van der Waals surface area contributed by atoms with Crippen molar-refractivity contribution in [2.45, 2.75) is 26.7 Å². The highest BCUT2D eigenvalue weighted by Gasteiger charge is 2.12. The third-order valence-corrected chi connectivity index (χ3v) is 4.34. The Morgan fingerprint density at radius 3 is 2.26 bits per heavy atom. The number of carbonyl (C=O) groups excluding carboxylic acids is 2. The van der Waals surface area contributed by atoms with Crippen molar-refractivity contribution in [1.82, 2.24) is 5.32 Å². The fourth-order valence-corrected chi connectivity index (χ4v) is 2.67. The molecule has 0 radical (unpaired) electrons. The Morgan fingerprint density at radius 2 is 1.70 bits per heavy atom. The van der Waals surface area contributed by atoms with Crippen LogP contribution in [-0.2, 0) is 9.59 Å². The topological polar surface area (TPSA) is 58.6 Å². The van der Waals surface area contributed by atoms with Crippen molar-refractivity contribution in [3.8, 4) is 5.75 Å². The molecule has 144 valence electrons. The first-order chi connectivity index (χ1) is 12.9. The van der Waals surface area contributed by atoms with Gasteiger partial charge in [-0.1, -0.05) is 37.6 Å². The molecule has 1 N–H and O–H groups in total. The highest BCUT2D eigenvalue weighted by atomic mass is 35.5. The van der Waals surface area contributed by atoms with Gasteiger partial charge in [0.25, 0.3) is 5.91 Å². The fourth-order valence-electron chi connectivity index (χ4n) is 2.55. The van der Waals surface area contributed by atoms with Crippen molar-refractivity contribution < 1.29 is 14.3 Å². The predicted octanol–water partition coefficient (Wildman–Crippen LogP) is 4.01. The Labute approximate surface area is 165 Å². The molecule has 2 aromatic rings. The van der Waals surface area contributed by atoms with Gasteiger partial charge in [-0.3, -0.25) is 9.59 Å². The zero-order valence-electron chi connectivity index (χ0n) is 15.9. The molecule has 0 aliphatic rings. The first kappa shape index (κ1) is 20.8. The lowest BCUT2D eigenvalue weighted by Crippen LogP contribution is -2.39. The molecular weight excluding hydrogens is 364 g/mol. The van der Waals surface area contributed by atoms with E-state index in [0.29, 0.717) is 29.8 Å². The minimum atomic E-state index is -0.247. The van der Waals surface area contributed by atoms with Gasteiger partial charge in [-0.25, -0.2) is 0 Å². The van der Waals surface area contributed by atoms with Crippen LogP contribution >= 0.6 is 11.6 Å². The van der Waals surface area contributed by atoms with E-state index in [-0.39, 0.29) is 18.4 Å². The van der Waals surface area contributed by atoms with Crippen molar-refractivity contribution >= 4 is 29.1 Å². The van der Waals surface area contributed by atoms with E-state index in [1.165, 1.54) is 12.5 Å². The van der Waals surface area contributed by atoms with Gasteiger partial charge in [0.1, 0.15) is 5.75 Å². The van der Waals surface area contributed by atoms with Crippen molar-refractivity contribution in [1.29, 1.82) is 0 Å². The number of ether oxygens (including phenoxy) is 1. The minimum absolute atomic E-state index is 0.0704. The number of hydrogen-bond acceptors (Lipinski definition) is 3. The van der Waals surface area contributed by atoms with Crippen LogP contribution in [0, 0.1) is 0 Å². The smallest absolute Gasteiger partial charge is 0.258 e. The van der Waals surface area contributed by atoms with Crippen LogP contribution in [0.5, 0.6) is 5.75 Å². The van der Waals surface area contributed by atoms with Gasteiger partial charge in [0.2, 0.25) is 5.91 Å². The van der Waals surface area contributed by atoms with E-state index in [1.54, 1.807) is 29.2 Å². The first-order valence-corrected chi connectivity index (χ1v) is 9.27. The Bertz CT molecular complexity index is 758. The van der Waals surface area contributed by atoms with Crippen LogP contribution in [0.4, 0.5) is 5.69 Å². The van der Waals surface area contributed by atoms with Gasteiger partial charge < -0.3 is 15.0 Å². The van der Waals surface area contributed by atoms with Crippen molar-refractivity contribution in [3.63, 3.8) is 0 Å². The van der Waals surface area contributed by atoms with Gasteiger partial charge in [0, 0.05) is 30.7 Å². The van der Waals surface area contributed by atoms with Crippen LogP contribution in [-0.4, -0.2) is 31.5 Å². The van der Waals surface area contributed by atoms with Gasteiger partial charge in [-0.15, -0.1) is 0 Å². The van der Waals surface area contributed by atoms with E-state index in [4.69, 9.17) is 16.3 Å². The molecule has 0 heterocycles. The molecule has 5 nitrogen and oxygen atoms in total. The Morgan fingerprint density at radius 1 is 1.07 bits per heavy atom. The van der Waals surface area contributed by atoms with Crippen LogP contribution in [0.1, 0.15) is 32.3 Å². The summed E-state index contributed by atoms with van der Waals surface area (Å²) in [7, 11) is 0. The number of nitrogens with zero attached hydrogens (tertiary/aromatic N) is 1. The highest BCUT2D eigenvalue weighted by molar-refractivity contribution is 6.30. The number of benzene rings is 2. The zero-order valence-corrected chi connectivity index (χ0v) is 16.6. The lowest BCUT2D eigenvalue weighted by molar-refractivity contribution is -0.123. The summed E-state index contributed by atoms with van der Waals surface area (Å²) in [6.45, 7) is 6.41. The summed E-state index contributed by atoms with van der Waals surface area (Å²) in [6.07, 6.45) is 0. The average molecular weight is 389 g/mol. The molecule has 2 aromatic carbocycles. The van der Waals surface area contributed by atoms with Gasteiger partial charge in [0.05, 0.1) is 0 Å². The van der Waals surface area contributed by atoms with Crippen LogP contribution in [0.3, 0.4) is 0 Å². The predicted molar refractivity (Wildman–Crippen MR) is 109 cm³/mol. The number of nitrogens with one attached hydrogen (secondary N) is 1. The highest BCUT2D eigenvalue weighted by Crippen LogP contribution is 2.20. The summed E-state index contributed by atoms with van der Waals surface area (Å²) in [6, 6.07) is 14.7. The summed E-state index contributed by atoms with van der Waals surface area (Å²) in [4.78, 5) is 25.5. The maximum Gasteiger partial charge on any atom is 0.258 e. The summed E-state index contributed by atoms with van der Waals surface area (Å²) >= 11 is 5.81.